The van der Waals surface area contributed by atoms with Gasteiger partial charge in [-0.05, 0) is 12.1 Å². The van der Waals surface area contributed by atoms with Crippen LogP contribution < -0.4 is 10.1 Å². The van der Waals surface area contributed by atoms with E-state index >= 15 is 0 Å². The molecule has 2 N–H and O–H groups in total. The number of ether oxygens (including phenoxy) is 1. The molecule has 0 amide bonds. The lowest BCUT2D eigenvalue weighted by Gasteiger charge is -2.13. The van der Waals surface area contributed by atoms with Gasteiger partial charge in [-0.2, -0.15) is 0 Å². The highest BCUT2D eigenvalue weighted by Crippen LogP contribution is 2.15. The van der Waals surface area contributed by atoms with Crippen LogP contribution in [0.15, 0.2) is 34.9 Å². The Hall–Kier alpha value is -1.92. The number of nitrogens with one attached hydrogen (secondary N) is 1. The van der Waals surface area contributed by atoms with Crippen molar-refractivity contribution < 1.29 is 18.7 Å². The predicted molar refractivity (Wildman–Crippen MR) is 75.5 cm³/mol. The van der Waals surface area contributed by atoms with Crippen LogP contribution in [0, 0.1) is 5.82 Å². The fraction of sp³-hybridized carbons (Fsp3) is 0.400. The maximum atomic E-state index is 13.3. The molecule has 0 aliphatic heterocycles. The summed E-state index contributed by atoms with van der Waals surface area (Å²) in [4.78, 5) is 4.10. The van der Waals surface area contributed by atoms with E-state index in [4.69, 9.17) is 9.15 Å². The Labute approximate surface area is 122 Å². The molecule has 1 unspecified atom stereocenters. The van der Waals surface area contributed by atoms with Crippen molar-refractivity contribution in [1.29, 1.82) is 0 Å². The number of oxazole rings is 1. The number of hydrogen-bond donors (Lipinski definition) is 2. The minimum Gasteiger partial charge on any atom is -0.488 e. The van der Waals surface area contributed by atoms with E-state index in [9.17, 15) is 9.50 Å². The highest BCUT2D eigenvalue weighted by Gasteiger charge is 2.08. The van der Waals surface area contributed by atoms with E-state index < -0.39 is 11.9 Å². The van der Waals surface area contributed by atoms with Gasteiger partial charge < -0.3 is 19.6 Å². The SMILES string of the molecule is CCc1cnc(CNCC(O)COc2ccccc2F)o1. The third-order valence-electron chi connectivity index (χ3n) is 2.87. The number of aliphatic hydroxyl groups is 1. The lowest BCUT2D eigenvalue weighted by molar-refractivity contribution is 0.103. The van der Waals surface area contributed by atoms with Crippen LogP contribution in [0.3, 0.4) is 0 Å². The molecular formula is C15H19FN2O3. The van der Waals surface area contributed by atoms with Gasteiger partial charge in [-0.15, -0.1) is 0 Å². The Morgan fingerprint density at radius 1 is 1.43 bits per heavy atom. The van der Waals surface area contributed by atoms with Crippen molar-refractivity contribution in [3.8, 4) is 5.75 Å². The quantitative estimate of drug-likeness (QED) is 0.778. The first-order valence-electron chi connectivity index (χ1n) is 6.88. The van der Waals surface area contributed by atoms with Gasteiger partial charge in [0.15, 0.2) is 11.6 Å². The molecule has 2 rings (SSSR count). The van der Waals surface area contributed by atoms with Gasteiger partial charge in [-0.1, -0.05) is 19.1 Å². The van der Waals surface area contributed by atoms with Crippen LogP contribution in [0.2, 0.25) is 0 Å². The molecule has 0 saturated heterocycles. The Balaban J connectivity index is 1.68. The molecule has 0 spiro atoms. The Morgan fingerprint density at radius 3 is 2.95 bits per heavy atom. The molecule has 6 heteroatoms. The van der Waals surface area contributed by atoms with E-state index in [1.807, 2.05) is 6.92 Å². The number of halogens is 1. The van der Waals surface area contributed by atoms with Crippen LogP contribution >= 0.6 is 0 Å². The molecule has 0 aliphatic rings. The molecule has 0 aliphatic carbocycles. The van der Waals surface area contributed by atoms with Gasteiger partial charge in [0.05, 0.1) is 12.7 Å². The maximum absolute atomic E-state index is 13.3. The van der Waals surface area contributed by atoms with Crippen molar-refractivity contribution in [2.45, 2.75) is 26.0 Å². The van der Waals surface area contributed by atoms with Gasteiger partial charge in [-0.3, -0.25) is 0 Å². The van der Waals surface area contributed by atoms with Crippen molar-refractivity contribution in [2.75, 3.05) is 13.2 Å². The monoisotopic (exact) mass is 294 g/mol. The molecule has 0 fully saturated rings. The number of benzene rings is 1. The smallest absolute Gasteiger partial charge is 0.208 e. The molecule has 2 aromatic rings. The van der Waals surface area contributed by atoms with E-state index in [2.05, 4.69) is 10.3 Å². The zero-order chi connectivity index (χ0) is 15.1. The minimum absolute atomic E-state index is 0.0136. The van der Waals surface area contributed by atoms with E-state index in [0.717, 1.165) is 12.2 Å². The Bertz CT molecular complexity index is 559. The molecule has 0 bridgehead atoms. The van der Waals surface area contributed by atoms with Crippen molar-refractivity contribution in [2.24, 2.45) is 0 Å². The average Bonchev–Trinajstić information content (AvgIpc) is 2.94. The number of aliphatic hydroxyl groups excluding tert-OH is 1. The molecule has 0 saturated carbocycles. The zero-order valence-corrected chi connectivity index (χ0v) is 11.9. The molecule has 114 valence electrons. The van der Waals surface area contributed by atoms with E-state index in [-0.39, 0.29) is 12.4 Å². The molecule has 1 aromatic heterocycles. The standard InChI is InChI=1S/C15H19FN2O3/c1-2-12-8-18-15(21-12)9-17-7-11(19)10-20-14-6-4-3-5-13(14)16/h3-6,8,11,17,19H,2,7,9-10H2,1H3. The Kier molecular flexibility index (Phi) is 5.71. The summed E-state index contributed by atoms with van der Waals surface area (Å²) in [6, 6.07) is 6.10. The van der Waals surface area contributed by atoms with E-state index in [1.165, 1.54) is 12.1 Å². The highest BCUT2D eigenvalue weighted by molar-refractivity contribution is 5.23. The second kappa shape index (κ2) is 7.75. The fourth-order valence-electron chi connectivity index (χ4n) is 1.75. The Morgan fingerprint density at radius 2 is 2.24 bits per heavy atom. The molecule has 1 heterocycles. The summed E-state index contributed by atoms with van der Waals surface area (Å²) >= 11 is 0. The van der Waals surface area contributed by atoms with Crippen molar-refractivity contribution in [3.63, 3.8) is 0 Å². The van der Waals surface area contributed by atoms with Crippen LogP contribution in [-0.4, -0.2) is 29.3 Å². The summed E-state index contributed by atoms with van der Waals surface area (Å²) in [6.45, 7) is 2.73. The van der Waals surface area contributed by atoms with Crippen molar-refractivity contribution in [1.82, 2.24) is 10.3 Å². The second-order valence-corrected chi connectivity index (χ2v) is 4.60. The van der Waals surface area contributed by atoms with Crippen molar-refractivity contribution >= 4 is 0 Å². The third-order valence-corrected chi connectivity index (χ3v) is 2.87. The van der Waals surface area contributed by atoms with Gasteiger partial charge in [-0.25, -0.2) is 9.37 Å². The van der Waals surface area contributed by atoms with Gasteiger partial charge >= 0.3 is 0 Å². The third kappa shape index (κ3) is 4.84. The zero-order valence-electron chi connectivity index (χ0n) is 11.9. The summed E-state index contributed by atoms with van der Waals surface area (Å²) < 4.78 is 23.9. The lowest BCUT2D eigenvalue weighted by Crippen LogP contribution is -2.31. The maximum Gasteiger partial charge on any atom is 0.208 e. The van der Waals surface area contributed by atoms with Gasteiger partial charge in [0.25, 0.3) is 0 Å². The summed E-state index contributed by atoms with van der Waals surface area (Å²) in [5.74, 6) is 1.10. The number of aromatic nitrogens is 1. The molecular weight excluding hydrogens is 275 g/mol. The number of hydrogen-bond acceptors (Lipinski definition) is 5. The number of rotatable bonds is 8. The fourth-order valence-corrected chi connectivity index (χ4v) is 1.75. The van der Waals surface area contributed by atoms with Crippen LogP contribution in [-0.2, 0) is 13.0 Å². The first kappa shape index (κ1) is 15.5. The highest BCUT2D eigenvalue weighted by atomic mass is 19.1. The van der Waals surface area contributed by atoms with Gasteiger partial charge in [0.1, 0.15) is 18.5 Å². The largest absolute Gasteiger partial charge is 0.488 e. The topological polar surface area (TPSA) is 67.5 Å². The normalized spacial score (nSPS) is 12.3. The first-order chi connectivity index (χ1) is 10.2. The van der Waals surface area contributed by atoms with E-state index in [1.54, 1.807) is 18.3 Å². The minimum atomic E-state index is -0.745. The number of para-hydroxylation sites is 1. The summed E-state index contributed by atoms with van der Waals surface area (Å²) in [7, 11) is 0. The first-order valence-corrected chi connectivity index (χ1v) is 6.88. The van der Waals surface area contributed by atoms with E-state index in [0.29, 0.717) is 19.0 Å². The predicted octanol–water partition coefficient (Wildman–Crippen LogP) is 1.91. The lowest BCUT2D eigenvalue weighted by atomic mass is 10.3. The summed E-state index contributed by atoms with van der Waals surface area (Å²) in [5, 5.41) is 12.8. The molecule has 5 nitrogen and oxygen atoms in total. The molecule has 21 heavy (non-hydrogen) atoms. The average molecular weight is 294 g/mol. The van der Waals surface area contributed by atoms with Crippen molar-refractivity contribution in [3.05, 3.63) is 47.9 Å². The van der Waals surface area contributed by atoms with Gasteiger partial charge in [0, 0.05) is 13.0 Å². The molecule has 1 atom stereocenters. The van der Waals surface area contributed by atoms with Crippen LogP contribution in [0.1, 0.15) is 18.6 Å². The van der Waals surface area contributed by atoms with Crippen LogP contribution in [0.4, 0.5) is 4.39 Å². The van der Waals surface area contributed by atoms with Crippen LogP contribution in [0.25, 0.3) is 0 Å². The number of aryl methyl sites for hydroxylation is 1. The second-order valence-electron chi connectivity index (χ2n) is 4.60. The van der Waals surface area contributed by atoms with Gasteiger partial charge in [0.2, 0.25) is 5.89 Å². The molecule has 1 aromatic carbocycles. The number of nitrogens with zero attached hydrogens (tertiary/aromatic N) is 1. The molecule has 0 radical (unpaired) electrons. The summed E-state index contributed by atoms with van der Waals surface area (Å²) in [6.07, 6.45) is 1.74. The summed E-state index contributed by atoms with van der Waals surface area (Å²) in [5.41, 5.74) is 0. The van der Waals surface area contributed by atoms with Crippen LogP contribution in [0.5, 0.6) is 5.75 Å².